The van der Waals surface area contributed by atoms with Gasteiger partial charge in [0, 0.05) is 14.1 Å². The van der Waals surface area contributed by atoms with Crippen LogP contribution in [0.3, 0.4) is 0 Å². The third-order valence-corrected chi connectivity index (χ3v) is 3.90. The highest BCUT2D eigenvalue weighted by molar-refractivity contribution is 7.93. The van der Waals surface area contributed by atoms with Crippen molar-refractivity contribution < 1.29 is 8.42 Å². The van der Waals surface area contributed by atoms with Gasteiger partial charge in [-0.05, 0) is 25.8 Å². The number of sulfonamides is 1. The highest BCUT2D eigenvalue weighted by Crippen LogP contribution is 2.22. The van der Waals surface area contributed by atoms with Crippen molar-refractivity contribution in [2.75, 3.05) is 14.1 Å². The monoisotopic (exact) mass is 200 g/mol. The van der Waals surface area contributed by atoms with E-state index in [1.807, 2.05) is 19.4 Å². The fraction of sp³-hybridized carbons (Fsp3) is 0.444. The first-order valence-corrected chi connectivity index (χ1v) is 5.52. The van der Waals surface area contributed by atoms with Gasteiger partial charge in [0.05, 0.1) is 4.91 Å². The highest BCUT2D eigenvalue weighted by atomic mass is 32.2. The average Bonchev–Trinajstić information content (AvgIpc) is 2.04. The van der Waals surface area contributed by atoms with Crippen molar-refractivity contribution >= 4 is 10.0 Å². The number of nitrogens with zero attached hydrogens (tertiary/aromatic N) is 1. The summed E-state index contributed by atoms with van der Waals surface area (Å²) in [7, 11) is -0.119. The van der Waals surface area contributed by atoms with Crippen molar-refractivity contribution in [1.82, 2.24) is 4.31 Å². The van der Waals surface area contributed by atoms with Crippen LogP contribution >= 0.6 is 0 Å². The molecule has 4 heteroatoms. The molecule has 0 aromatic rings. The molecule has 1 aliphatic rings. The van der Waals surface area contributed by atoms with Crippen LogP contribution in [0.25, 0.3) is 0 Å². The molecule has 0 aromatic heterocycles. The van der Waals surface area contributed by atoms with Gasteiger partial charge in [0.2, 0.25) is 10.0 Å². The zero-order valence-electron chi connectivity index (χ0n) is 8.11. The van der Waals surface area contributed by atoms with E-state index in [0.717, 1.165) is 5.57 Å². The Kier molecular flexibility index (Phi) is 2.93. The fourth-order valence-electron chi connectivity index (χ4n) is 1.05. The van der Waals surface area contributed by atoms with Gasteiger partial charge in [-0.2, -0.15) is 0 Å². The van der Waals surface area contributed by atoms with Crippen molar-refractivity contribution in [2.24, 2.45) is 0 Å². The molecule has 1 aliphatic carbocycles. The first-order chi connectivity index (χ1) is 5.94. The average molecular weight is 200 g/mol. The Morgan fingerprint density at radius 1 is 1.31 bits per heavy atom. The van der Waals surface area contributed by atoms with Crippen LogP contribution in [0.4, 0.5) is 0 Å². The van der Waals surface area contributed by atoms with Crippen LogP contribution in [0.15, 0.2) is 22.6 Å². The summed E-state index contributed by atoms with van der Waals surface area (Å²) in [4.78, 5) is 0.461. The molecule has 0 saturated heterocycles. The van der Waals surface area contributed by atoms with Crippen molar-refractivity contribution in [3.8, 4) is 0 Å². The van der Waals surface area contributed by atoms with E-state index in [-0.39, 0.29) is 0 Å². The molecule has 0 atom stereocenters. The molecule has 0 aliphatic heterocycles. The lowest BCUT2D eigenvalue weighted by molar-refractivity contribution is 0.526. The minimum atomic E-state index is -3.20. The minimum Gasteiger partial charge on any atom is -0.207 e. The SMILES string of the molecule is CC1=CC=C(S(=O)(=O)N(C)C)C[CH]1. The van der Waals surface area contributed by atoms with Crippen LogP contribution in [-0.4, -0.2) is 26.8 Å². The zero-order valence-corrected chi connectivity index (χ0v) is 8.93. The Bertz CT molecular complexity index is 350. The predicted molar refractivity (Wildman–Crippen MR) is 53.4 cm³/mol. The van der Waals surface area contributed by atoms with Gasteiger partial charge in [-0.15, -0.1) is 0 Å². The van der Waals surface area contributed by atoms with E-state index in [4.69, 9.17) is 0 Å². The van der Waals surface area contributed by atoms with Crippen molar-refractivity contribution in [2.45, 2.75) is 13.3 Å². The van der Waals surface area contributed by atoms with Crippen molar-refractivity contribution in [3.05, 3.63) is 29.1 Å². The van der Waals surface area contributed by atoms with Gasteiger partial charge in [0.1, 0.15) is 0 Å². The maximum absolute atomic E-state index is 11.6. The third kappa shape index (κ3) is 2.19. The summed E-state index contributed by atoms with van der Waals surface area (Å²) in [6.07, 6.45) is 5.91. The van der Waals surface area contributed by atoms with E-state index in [2.05, 4.69) is 0 Å². The van der Waals surface area contributed by atoms with Crippen LogP contribution in [-0.2, 0) is 10.0 Å². The Morgan fingerprint density at radius 2 is 1.92 bits per heavy atom. The molecule has 0 aromatic carbocycles. The quantitative estimate of drug-likeness (QED) is 0.674. The van der Waals surface area contributed by atoms with Gasteiger partial charge in [-0.3, -0.25) is 0 Å². The van der Waals surface area contributed by atoms with Crippen LogP contribution in [0, 0.1) is 6.42 Å². The lowest BCUT2D eigenvalue weighted by Gasteiger charge is -2.16. The lowest BCUT2D eigenvalue weighted by atomic mass is 10.1. The summed E-state index contributed by atoms with van der Waals surface area (Å²) in [5.41, 5.74) is 1.11. The molecule has 1 radical (unpaired) electrons. The summed E-state index contributed by atoms with van der Waals surface area (Å²) in [6, 6.07) is 0. The lowest BCUT2D eigenvalue weighted by Crippen LogP contribution is -2.24. The minimum absolute atomic E-state index is 0.461. The fourth-order valence-corrected chi connectivity index (χ4v) is 2.05. The van der Waals surface area contributed by atoms with E-state index in [1.54, 1.807) is 20.2 Å². The molecular formula is C9H14NO2S. The number of hydrogen-bond donors (Lipinski definition) is 0. The van der Waals surface area contributed by atoms with E-state index in [1.165, 1.54) is 4.31 Å². The Labute approximate surface area is 79.8 Å². The maximum atomic E-state index is 11.6. The van der Waals surface area contributed by atoms with Gasteiger partial charge in [-0.1, -0.05) is 11.6 Å². The van der Waals surface area contributed by atoms with Gasteiger partial charge in [-0.25, -0.2) is 12.7 Å². The van der Waals surface area contributed by atoms with E-state index in [9.17, 15) is 8.42 Å². The van der Waals surface area contributed by atoms with Gasteiger partial charge in [0.15, 0.2) is 0 Å². The van der Waals surface area contributed by atoms with Gasteiger partial charge >= 0.3 is 0 Å². The molecule has 0 unspecified atom stereocenters. The number of hydrogen-bond acceptors (Lipinski definition) is 2. The number of allylic oxidation sites excluding steroid dienone is 4. The van der Waals surface area contributed by atoms with Crippen LogP contribution in [0.5, 0.6) is 0 Å². The Morgan fingerprint density at radius 3 is 2.31 bits per heavy atom. The standard InChI is InChI=1S/C9H14NO2S/c1-8-4-6-9(7-5-8)13(11,12)10(2)3/h4-6H,7H2,1-3H3. The van der Waals surface area contributed by atoms with Crippen LogP contribution in [0.2, 0.25) is 0 Å². The second-order valence-corrected chi connectivity index (χ2v) is 5.44. The molecular weight excluding hydrogens is 186 g/mol. The molecule has 73 valence electrons. The molecule has 0 bridgehead atoms. The van der Waals surface area contributed by atoms with E-state index in [0.29, 0.717) is 11.3 Å². The highest BCUT2D eigenvalue weighted by Gasteiger charge is 2.21. The Hall–Kier alpha value is -0.610. The van der Waals surface area contributed by atoms with Gasteiger partial charge < -0.3 is 0 Å². The molecule has 1 rings (SSSR count). The van der Waals surface area contributed by atoms with Gasteiger partial charge in [0.25, 0.3) is 0 Å². The molecule has 0 amide bonds. The van der Waals surface area contributed by atoms with Crippen LogP contribution in [0.1, 0.15) is 13.3 Å². The predicted octanol–water partition coefficient (Wildman–Crippen LogP) is 1.32. The number of rotatable bonds is 2. The summed E-state index contributed by atoms with van der Waals surface area (Å²) in [6.45, 7) is 1.95. The molecule has 3 nitrogen and oxygen atoms in total. The normalized spacial score (nSPS) is 18.5. The summed E-state index contributed by atoms with van der Waals surface area (Å²) in [5, 5.41) is 0. The maximum Gasteiger partial charge on any atom is 0.238 e. The van der Waals surface area contributed by atoms with Crippen molar-refractivity contribution in [1.29, 1.82) is 0 Å². The third-order valence-electron chi connectivity index (χ3n) is 1.97. The molecule has 0 N–H and O–H groups in total. The first kappa shape index (κ1) is 10.5. The molecule has 0 saturated carbocycles. The van der Waals surface area contributed by atoms with Crippen LogP contribution < -0.4 is 0 Å². The van der Waals surface area contributed by atoms with E-state index < -0.39 is 10.0 Å². The zero-order chi connectivity index (χ0) is 10.1. The summed E-state index contributed by atoms with van der Waals surface area (Å²) >= 11 is 0. The second kappa shape index (κ2) is 3.64. The molecule has 0 spiro atoms. The van der Waals surface area contributed by atoms with Crippen molar-refractivity contribution in [3.63, 3.8) is 0 Å². The molecule has 0 fully saturated rings. The molecule has 0 heterocycles. The summed E-state index contributed by atoms with van der Waals surface area (Å²) < 4.78 is 24.4. The second-order valence-electron chi connectivity index (χ2n) is 3.24. The topological polar surface area (TPSA) is 37.4 Å². The Balaban J connectivity index is 2.98. The van der Waals surface area contributed by atoms with E-state index >= 15 is 0 Å². The smallest absolute Gasteiger partial charge is 0.207 e. The summed E-state index contributed by atoms with van der Waals surface area (Å²) in [5.74, 6) is 0. The molecule has 13 heavy (non-hydrogen) atoms. The largest absolute Gasteiger partial charge is 0.238 e. The first-order valence-electron chi connectivity index (χ1n) is 4.08.